The van der Waals surface area contributed by atoms with Crippen LogP contribution in [-0.4, -0.2) is 26.3 Å². The largest absolute Gasteiger partial charge is 0.493 e. The van der Waals surface area contributed by atoms with E-state index in [-0.39, 0.29) is 5.91 Å². The lowest BCUT2D eigenvalue weighted by molar-refractivity contribution is 0.0954. The fourth-order valence-electron chi connectivity index (χ4n) is 2.69. The maximum atomic E-state index is 12.3. The third-order valence-electron chi connectivity index (χ3n) is 4.29. The van der Waals surface area contributed by atoms with Gasteiger partial charge in [-0.15, -0.1) is 0 Å². The molecule has 0 aromatic heterocycles. The van der Waals surface area contributed by atoms with Gasteiger partial charge in [-0.1, -0.05) is 41.4 Å². The SMILES string of the molecule is COc1ccc(C(=O)N/N=C/c2cccc(OCc3ccc(Cl)cc3Cl)c2)cc1OC. The van der Waals surface area contributed by atoms with Crippen molar-refractivity contribution in [2.24, 2.45) is 5.10 Å². The van der Waals surface area contributed by atoms with Gasteiger partial charge in [-0.25, -0.2) is 5.43 Å². The van der Waals surface area contributed by atoms with Crippen molar-refractivity contribution in [1.29, 1.82) is 0 Å². The number of hydrogen-bond acceptors (Lipinski definition) is 5. The average molecular weight is 459 g/mol. The maximum absolute atomic E-state index is 12.3. The molecule has 6 nitrogen and oxygen atoms in total. The molecule has 0 aliphatic heterocycles. The highest BCUT2D eigenvalue weighted by Gasteiger charge is 2.10. The number of nitrogens with zero attached hydrogens (tertiary/aromatic N) is 1. The zero-order chi connectivity index (χ0) is 22.2. The van der Waals surface area contributed by atoms with Crippen LogP contribution in [-0.2, 0) is 6.61 Å². The molecule has 0 unspecified atom stereocenters. The van der Waals surface area contributed by atoms with E-state index in [0.29, 0.717) is 39.5 Å². The fraction of sp³-hybridized carbons (Fsp3) is 0.130. The molecule has 3 rings (SSSR count). The van der Waals surface area contributed by atoms with Crippen LogP contribution in [0, 0.1) is 0 Å². The van der Waals surface area contributed by atoms with Crippen LogP contribution in [0.1, 0.15) is 21.5 Å². The van der Waals surface area contributed by atoms with Gasteiger partial charge in [-0.2, -0.15) is 5.10 Å². The van der Waals surface area contributed by atoms with Gasteiger partial charge < -0.3 is 14.2 Å². The number of hydrazone groups is 1. The Bertz CT molecular complexity index is 1100. The first kappa shape index (κ1) is 22.5. The Morgan fingerprint density at radius 2 is 1.81 bits per heavy atom. The lowest BCUT2D eigenvalue weighted by Crippen LogP contribution is -2.17. The van der Waals surface area contributed by atoms with E-state index >= 15 is 0 Å². The number of hydrogen-bond donors (Lipinski definition) is 1. The van der Waals surface area contributed by atoms with E-state index in [1.165, 1.54) is 20.4 Å². The van der Waals surface area contributed by atoms with E-state index in [4.69, 9.17) is 37.4 Å². The summed E-state index contributed by atoms with van der Waals surface area (Å²) in [4.78, 5) is 12.3. The summed E-state index contributed by atoms with van der Waals surface area (Å²) in [5.41, 5.74) is 4.47. The van der Waals surface area contributed by atoms with Gasteiger partial charge in [0.05, 0.1) is 20.4 Å². The molecule has 0 aliphatic carbocycles. The van der Waals surface area contributed by atoms with Gasteiger partial charge in [-0.05, 0) is 48.0 Å². The number of nitrogens with one attached hydrogen (secondary N) is 1. The van der Waals surface area contributed by atoms with Crippen molar-refractivity contribution in [3.8, 4) is 17.2 Å². The van der Waals surface area contributed by atoms with Crippen LogP contribution in [0.3, 0.4) is 0 Å². The molecule has 3 aromatic rings. The molecule has 0 radical (unpaired) electrons. The second kappa shape index (κ2) is 10.7. The van der Waals surface area contributed by atoms with Crippen molar-refractivity contribution in [1.82, 2.24) is 5.43 Å². The first-order valence-electron chi connectivity index (χ1n) is 9.22. The molecule has 0 atom stereocenters. The zero-order valence-corrected chi connectivity index (χ0v) is 18.4. The molecule has 1 N–H and O–H groups in total. The van der Waals surface area contributed by atoms with Crippen molar-refractivity contribution >= 4 is 35.3 Å². The van der Waals surface area contributed by atoms with E-state index in [2.05, 4.69) is 10.5 Å². The van der Waals surface area contributed by atoms with E-state index in [1.54, 1.807) is 36.4 Å². The predicted molar refractivity (Wildman–Crippen MR) is 122 cm³/mol. The molecular formula is C23H20Cl2N2O4. The van der Waals surface area contributed by atoms with Gasteiger partial charge in [0.1, 0.15) is 12.4 Å². The van der Waals surface area contributed by atoms with Crippen molar-refractivity contribution in [2.75, 3.05) is 14.2 Å². The fourth-order valence-corrected chi connectivity index (χ4v) is 3.15. The topological polar surface area (TPSA) is 69.2 Å². The highest BCUT2D eigenvalue weighted by molar-refractivity contribution is 6.35. The Labute approximate surface area is 190 Å². The maximum Gasteiger partial charge on any atom is 0.271 e. The minimum absolute atomic E-state index is 0.298. The average Bonchev–Trinajstić information content (AvgIpc) is 2.78. The van der Waals surface area contributed by atoms with Crippen molar-refractivity contribution in [3.63, 3.8) is 0 Å². The van der Waals surface area contributed by atoms with Crippen LogP contribution in [0.25, 0.3) is 0 Å². The molecule has 0 heterocycles. The highest BCUT2D eigenvalue weighted by Crippen LogP contribution is 2.27. The summed E-state index contributed by atoms with van der Waals surface area (Å²) in [7, 11) is 3.04. The molecule has 8 heteroatoms. The molecule has 160 valence electrons. The van der Waals surface area contributed by atoms with E-state index in [1.807, 2.05) is 24.3 Å². The van der Waals surface area contributed by atoms with Gasteiger partial charge in [0.15, 0.2) is 11.5 Å². The minimum atomic E-state index is -0.373. The second-order valence-electron chi connectivity index (χ2n) is 6.37. The van der Waals surface area contributed by atoms with Crippen molar-refractivity contribution in [2.45, 2.75) is 6.61 Å². The first-order valence-corrected chi connectivity index (χ1v) is 9.98. The van der Waals surface area contributed by atoms with Crippen LogP contribution < -0.4 is 19.6 Å². The third kappa shape index (κ3) is 6.13. The predicted octanol–water partition coefficient (Wildman–Crippen LogP) is 5.35. The van der Waals surface area contributed by atoms with E-state index < -0.39 is 0 Å². The summed E-state index contributed by atoms with van der Waals surface area (Å²) in [5, 5.41) is 5.13. The number of rotatable bonds is 8. The molecule has 0 aliphatic rings. The number of methoxy groups -OCH3 is 2. The van der Waals surface area contributed by atoms with Crippen molar-refractivity contribution in [3.05, 3.63) is 87.4 Å². The number of ether oxygens (including phenoxy) is 3. The number of amides is 1. The molecule has 3 aromatic carbocycles. The van der Waals surface area contributed by atoms with Crippen molar-refractivity contribution < 1.29 is 19.0 Å². The van der Waals surface area contributed by atoms with Gasteiger partial charge in [-0.3, -0.25) is 4.79 Å². The van der Waals surface area contributed by atoms with Crippen LogP contribution in [0.15, 0.2) is 65.8 Å². The smallest absolute Gasteiger partial charge is 0.271 e. The summed E-state index contributed by atoms with van der Waals surface area (Å²) in [6, 6.07) is 17.4. The highest BCUT2D eigenvalue weighted by atomic mass is 35.5. The van der Waals surface area contributed by atoms with Crippen LogP contribution >= 0.6 is 23.2 Å². The Morgan fingerprint density at radius 1 is 1.00 bits per heavy atom. The minimum Gasteiger partial charge on any atom is -0.493 e. The van der Waals surface area contributed by atoms with Crippen LogP contribution in [0.4, 0.5) is 0 Å². The molecule has 0 spiro atoms. The summed E-state index contributed by atoms with van der Waals surface area (Å²) in [5.74, 6) is 1.27. The summed E-state index contributed by atoms with van der Waals surface area (Å²) in [6.45, 7) is 0.298. The standard InChI is InChI=1S/C23H20Cl2N2O4/c1-29-21-9-7-16(11-22(21)30-2)23(28)27-26-13-15-4-3-5-19(10-15)31-14-17-6-8-18(24)12-20(17)25/h3-13H,14H2,1-2H3,(H,27,28)/b26-13+. The van der Waals surface area contributed by atoms with Gasteiger partial charge >= 0.3 is 0 Å². The van der Waals surface area contributed by atoms with Crippen LogP contribution in [0.2, 0.25) is 10.0 Å². The second-order valence-corrected chi connectivity index (χ2v) is 7.21. The first-order chi connectivity index (χ1) is 15.0. The lowest BCUT2D eigenvalue weighted by atomic mass is 10.2. The number of halogens is 2. The number of benzene rings is 3. The Hall–Kier alpha value is -3.22. The summed E-state index contributed by atoms with van der Waals surface area (Å²) in [6.07, 6.45) is 1.53. The van der Waals surface area contributed by atoms with Gasteiger partial charge in [0.2, 0.25) is 0 Å². The Kier molecular flexibility index (Phi) is 7.76. The monoisotopic (exact) mass is 458 g/mol. The van der Waals surface area contributed by atoms with E-state index in [0.717, 1.165) is 11.1 Å². The van der Waals surface area contributed by atoms with Gasteiger partial charge in [0.25, 0.3) is 5.91 Å². The number of carbonyl (C=O) groups excluding carboxylic acids is 1. The quantitative estimate of drug-likeness (QED) is 0.364. The Balaban J connectivity index is 1.60. The summed E-state index contributed by atoms with van der Waals surface area (Å²) >= 11 is 12.1. The third-order valence-corrected chi connectivity index (χ3v) is 4.88. The molecule has 1 amide bonds. The zero-order valence-electron chi connectivity index (χ0n) is 16.9. The molecular weight excluding hydrogens is 439 g/mol. The molecule has 0 bridgehead atoms. The lowest BCUT2D eigenvalue weighted by Gasteiger charge is -2.09. The number of carbonyl (C=O) groups is 1. The molecule has 0 saturated carbocycles. The summed E-state index contributed by atoms with van der Waals surface area (Å²) < 4.78 is 16.2. The van der Waals surface area contributed by atoms with Gasteiger partial charge in [0, 0.05) is 21.2 Å². The Morgan fingerprint density at radius 3 is 2.55 bits per heavy atom. The van der Waals surface area contributed by atoms with Crippen LogP contribution in [0.5, 0.6) is 17.2 Å². The molecule has 31 heavy (non-hydrogen) atoms. The molecule has 0 fully saturated rings. The molecule has 0 saturated heterocycles. The normalized spacial score (nSPS) is 10.7. The van der Waals surface area contributed by atoms with E-state index in [9.17, 15) is 4.79 Å².